The van der Waals surface area contributed by atoms with Crippen molar-refractivity contribution in [3.63, 3.8) is 0 Å². The van der Waals surface area contributed by atoms with Crippen LogP contribution in [-0.4, -0.2) is 11.8 Å². The molecule has 4 nitrogen and oxygen atoms in total. The lowest BCUT2D eigenvalue weighted by atomic mass is 10.0. The van der Waals surface area contributed by atoms with Gasteiger partial charge in [-0.1, -0.05) is 42.0 Å². The number of hydrogen-bond acceptors (Lipinski definition) is 4. The Balaban J connectivity index is 1.77. The number of furan rings is 1. The molecule has 0 spiro atoms. The molecule has 2 amide bonds. The first-order valence-electron chi connectivity index (χ1n) is 8.66. The van der Waals surface area contributed by atoms with Gasteiger partial charge in [-0.3, -0.25) is 9.59 Å². The van der Waals surface area contributed by atoms with Crippen molar-refractivity contribution in [3.8, 4) is 0 Å². The molecule has 1 aromatic heterocycles. The van der Waals surface area contributed by atoms with Gasteiger partial charge in [0, 0.05) is 0 Å². The third-order valence-electron chi connectivity index (χ3n) is 4.41. The zero-order valence-electron chi connectivity index (χ0n) is 15.0. The summed E-state index contributed by atoms with van der Waals surface area (Å²) in [6, 6.07) is 16.7. The van der Waals surface area contributed by atoms with E-state index in [1.165, 1.54) is 30.0 Å². The van der Waals surface area contributed by atoms with E-state index in [0.29, 0.717) is 17.1 Å². The van der Waals surface area contributed by atoms with Gasteiger partial charge < -0.3 is 4.42 Å². The van der Waals surface area contributed by atoms with Crippen molar-refractivity contribution in [1.82, 2.24) is 0 Å². The largest absolute Gasteiger partial charge is 0.468 e. The van der Waals surface area contributed by atoms with E-state index in [0.717, 1.165) is 10.5 Å². The van der Waals surface area contributed by atoms with Crippen molar-refractivity contribution in [2.24, 2.45) is 0 Å². The summed E-state index contributed by atoms with van der Waals surface area (Å²) in [6.45, 7) is 1.94. The first-order chi connectivity index (χ1) is 13.6. The fraction of sp³-hybridized carbons (Fsp3) is 0.0909. The number of nitrogens with zero attached hydrogens (tertiary/aromatic N) is 1. The van der Waals surface area contributed by atoms with E-state index in [-0.39, 0.29) is 16.2 Å². The Kier molecular flexibility index (Phi) is 4.88. The summed E-state index contributed by atoms with van der Waals surface area (Å²) in [5.74, 6) is -0.597. The van der Waals surface area contributed by atoms with E-state index < -0.39 is 17.6 Å². The number of hydrogen-bond donors (Lipinski definition) is 0. The summed E-state index contributed by atoms with van der Waals surface area (Å²) < 4.78 is 19.6. The molecule has 3 aromatic rings. The molecule has 1 aliphatic heterocycles. The summed E-state index contributed by atoms with van der Waals surface area (Å²) >= 11 is 1.22. The Morgan fingerprint density at radius 1 is 0.964 bits per heavy atom. The van der Waals surface area contributed by atoms with Crippen molar-refractivity contribution in [3.05, 3.63) is 94.5 Å². The second-order valence-electron chi connectivity index (χ2n) is 6.34. The summed E-state index contributed by atoms with van der Waals surface area (Å²) in [5.41, 5.74) is 1.90. The zero-order valence-corrected chi connectivity index (χ0v) is 15.8. The van der Waals surface area contributed by atoms with Gasteiger partial charge in [-0.25, -0.2) is 9.29 Å². The number of anilines is 1. The number of amides is 2. The number of rotatable bonds is 5. The van der Waals surface area contributed by atoms with Crippen LogP contribution in [-0.2, 0) is 15.3 Å². The van der Waals surface area contributed by atoms with Gasteiger partial charge in [0.15, 0.2) is 0 Å². The highest BCUT2D eigenvalue weighted by molar-refractivity contribution is 8.03. The lowest BCUT2D eigenvalue weighted by molar-refractivity contribution is -0.119. The van der Waals surface area contributed by atoms with Gasteiger partial charge >= 0.3 is 0 Å². The minimum atomic E-state index is -0.621. The van der Waals surface area contributed by atoms with Crippen LogP contribution in [0.15, 0.2) is 76.2 Å². The molecule has 0 fully saturated rings. The number of halogens is 1. The Hall–Kier alpha value is -3.12. The van der Waals surface area contributed by atoms with Crippen LogP contribution in [0, 0.1) is 12.7 Å². The smallest absolute Gasteiger partial charge is 0.272 e. The zero-order chi connectivity index (χ0) is 19.7. The number of para-hydroxylation sites is 1. The molecule has 140 valence electrons. The van der Waals surface area contributed by atoms with Gasteiger partial charge in [0.25, 0.3) is 11.8 Å². The normalized spacial score (nSPS) is 14.3. The molecular weight excluding hydrogens is 377 g/mol. The topological polar surface area (TPSA) is 50.5 Å². The monoisotopic (exact) mass is 393 g/mol. The van der Waals surface area contributed by atoms with E-state index in [4.69, 9.17) is 4.42 Å². The predicted octanol–water partition coefficient (Wildman–Crippen LogP) is 4.95. The summed E-state index contributed by atoms with van der Waals surface area (Å²) in [6.07, 6.45) is 1.55. The highest BCUT2D eigenvalue weighted by Crippen LogP contribution is 2.40. The average molecular weight is 393 g/mol. The van der Waals surface area contributed by atoms with Crippen molar-refractivity contribution < 1.29 is 18.4 Å². The Bertz CT molecular complexity index is 1070. The highest BCUT2D eigenvalue weighted by Gasteiger charge is 2.41. The van der Waals surface area contributed by atoms with Crippen LogP contribution in [0.2, 0.25) is 0 Å². The van der Waals surface area contributed by atoms with Gasteiger partial charge in [0.1, 0.15) is 11.6 Å². The molecule has 0 bridgehead atoms. The second kappa shape index (κ2) is 7.48. The van der Waals surface area contributed by atoms with E-state index in [1.54, 1.807) is 36.6 Å². The molecule has 2 aromatic carbocycles. The van der Waals surface area contributed by atoms with Crippen LogP contribution in [0.1, 0.15) is 16.9 Å². The van der Waals surface area contributed by atoms with Crippen molar-refractivity contribution in [2.75, 3.05) is 4.90 Å². The number of carbonyl (C=O) groups is 2. The maximum absolute atomic E-state index is 14.3. The number of imide groups is 1. The lowest BCUT2D eigenvalue weighted by Gasteiger charge is -2.15. The molecular formula is C22H16FNO3S. The molecule has 6 heteroatoms. The van der Waals surface area contributed by atoms with Crippen LogP contribution < -0.4 is 4.90 Å². The molecule has 2 heterocycles. The fourth-order valence-corrected chi connectivity index (χ4v) is 4.02. The average Bonchev–Trinajstić information content (AvgIpc) is 3.28. The standard InChI is InChI=1S/C22H16FNO3S/c1-14-8-10-15(11-9-14)19-20(28-13-16-5-4-12-27-16)22(26)24(21(19)25)18-7-3-2-6-17(18)23/h2-12H,13H2,1H3. The molecule has 0 aliphatic carbocycles. The lowest BCUT2D eigenvalue weighted by Crippen LogP contribution is -2.32. The number of carbonyl (C=O) groups excluding carboxylic acids is 2. The summed E-state index contributed by atoms with van der Waals surface area (Å²) in [5, 5.41) is 0. The fourth-order valence-electron chi connectivity index (χ4n) is 3.01. The first-order valence-corrected chi connectivity index (χ1v) is 9.64. The summed E-state index contributed by atoms with van der Waals surface area (Å²) in [4.78, 5) is 27.5. The molecule has 0 atom stereocenters. The number of aryl methyl sites for hydroxylation is 1. The van der Waals surface area contributed by atoms with E-state index >= 15 is 0 Å². The SMILES string of the molecule is Cc1ccc(C2=C(SCc3ccco3)C(=O)N(c3ccccc3F)C2=O)cc1. The van der Waals surface area contributed by atoms with Gasteiger partial charge in [-0.05, 0) is 36.8 Å². The quantitative estimate of drug-likeness (QED) is 0.576. The van der Waals surface area contributed by atoms with Crippen LogP contribution in [0.25, 0.3) is 5.57 Å². The second-order valence-corrected chi connectivity index (χ2v) is 7.32. The highest BCUT2D eigenvalue weighted by atomic mass is 32.2. The Morgan fingerprint density at radius 3 is 2.39 bits per heavy atom. The molecule has 0 saturated carbocycles. The molecule has 4 rings (SSSR count). The van der Waals surface area contributed by atoms with Crippen LogP contribution in [0.5, 0.6) is 0 Å². The van der Waals surface area contributed by atoms with Gasteiger partial charge in [0.2, 0.25) is 0 Å². The third-order valence-corrected chi connectivity index (χ3v) is 5.51. The van der Waals surface area contributed by atoms with Crippen molar-refractivity contribution in [1.29, 1.82) is 0 Å². The Morgan fingerprint density at radius 2 is 1.71 bits per heavy atom. The van der Waals surface area contributed by atoms with Crippen LogP contribution in [0.4, 0.5) is 10.1 Å². The molecule has 0 radical (unpaired) electrons. The van der Waals surface area contributed by atoms with Crippen molar-refractivity contribution in [2.45, 2.75) is 12.7 Å². The number of thioether (sulfide) groups is 1. The first kappa shape index (κ1) is 18.3. The third kappa shape index (κ3) is 3.27. The molecule has 0 saturated heterocycles. The molecule has 0 N–H and O–H groups in total. The number of benzene rings is 2. The van der Waals surface area contributed by atoms with Crippen LogP contribution >= 0.6 is 11.8 Å². The Labute approximate surface area is 165 Å². The molecule has 0 unspecified atom stereocenters. The van der Waals surface area contributed by atoms with Gasteiger partial charge in [-0.15, -0.1) is 11.8 Å². The van der Waals surface area contributed by atoms with E-state index in [9.17, 15) is 14.0 Å². The molecule has 1 aliphatic rings. The van der Waals surface area contributed by atoms with Crippen LogP contribution in [0.3, 0.4) is 0 Å². The maximum Gasteiger partial charge on any atom is 0.272 e. The predicted molar refractivity (Wildman–Crippen MR) is 107 cm³/mol. The van der Waals surface area contributed by atoms with Gasteiger partial charge in [0.05, 0.1) is 28.2 Å². The summed E-state index contributed by atoms with van der Waals surface area (Å²) in [7, 11) is 0. The molecule has 28 heavy (non-hydrogen) atoms. The maximum atomic E-state index is 14.3. The minimum absolute atomic E-state index is 0.0456. The van der Waals surface area contributed by atoms with E-state index in [1.807, 2.05) is 19.1 Å². The van der Waals surface area contributed by atoms with E-state index in [2.05, 4.69) is 0 Å². The minimum Gasteiger partial charge on any atom is -0.468 e. The van der Waals surface area contributed by atoms with Gasteiger partial charge in [-0.2, -0.15) is 0 Å². The van der Waals surface area contributed by atoms with Crippen molar-refractivity contribution >= 4 is 34.8 Å².